The molecule has 0 saturated carbocycles. The second-order valence-electron chi connectivity index (χ2n) is 2.56. The molecule has 0 bridgehead atoms. The lowest BCUT2D eigenvalue weighted by atomic mass is 10.1. The molecule has 0 saturated heterocycles. The molecule has 3 nitrogen and oxygen atoms in total. The molecule has 2 unspecified atom stereocenters. The summed E-state index contributed by atoms with van der Waals surface area (Å²) in [6.07, 6.45) is -2.72. The van der Waals surface area contributed by atoms with Crippen molar-refractivity contribution < 1.29 is 27.1 Å². The Labute approximate surface area is 108 Å². The van der Waals surface area contributed by atoms with Crippen LogP contribution >= 0.6 is 0 Å². The summed E-state index contributed by atoms with van der Waals surface area (Å²) in [5.74, 6) is 0. The third-order valence-corrected chi connectivity index (χ3v) is 1.41. The Hall–Kier alpha value is -0.900. The molecule has 3 N–H and O–H groups in total. The summed E-state index contributed by atoms with van der Waals surface area (Å²) in [5.41, 5.74) is -5.77. The van der Waals surface area contributed by atoms with Crippen LogP contribution in [0.25, 0.3) is 0 Å². The topological polar surface area (TPSA) is 53.5 Å². The average molecular weight is 210 g/mol. The van der Waals surface area contributed by atoms with Crippen molar-refractivity contribution in [3.05, 3.63) is 41.0 Å². The van der Waals surface area contributed by atoms with E-state index in [1.165, 1.54) is 0 Å². The highest BCUT2D eigenvalue weighted by molar-refractivity contribution is 5.16. The summed E-state index contributed by atoms with van der Waals surface area (Å²) >= 11 is 0. The van der Waals surface area contributed by atoms with Gasteiger partial charge in [0.25, 0.3) is 0 Å². The summed E-state index contributed by atoms with van der Waals surface area (Å²) in [4.78, 5) is 0. The Kier molecular flexibility index (Phi) is 0.661. The van der Waals surface area contributed by atoms with Gasteiger partial charge in [-0.25, -0.2) is 0 Å². The zero-order chi connectivity index (χ0) is 24.2. The van der Waals surface area contributed by atoms with Gasteiger partial charge in [0.2, 0.25) is 0 Å². The molecule has 0 aromatic heterocycles. The normalized spacial score (nSPS) is 35.9. The molecule has 0 radical (unpaired) electrons. The van der Waals surface area contributed by atoms with Crippen LogP contribution in [-0.4, -0.2) is 5.54 Å². The number of quaternary nitrogens is 1. The van der Waals surface area contributed by atoms with E-state index in [9.17, 15) is 5.21 Å². The molecule has 0 aliphatic heterocycles. The Morgan fingerprint density at radius 1 is 1.50 bits per heavy atom. The number of hydrogen-bond acceptors (Lipinski definition) is 2. The SMILES string of the molecule is [2H]c1c([2H])c([2H])c(C(N([2H])[2H])[NH+]([O-])C(C([2H])([2H])[2H])(C([2H])([2H])[2H])C([2H])([2H])[2H])c([2H])c1[2H]. The first-order chi connectivity index (χ1) is 13.2. The van der Waals surface area contributed by atoms with Gasteiger partial charge in [0, 0.05) is 17.9 Å². The van der Waals surface area contributed by atoms with Crippen LogP contribution in [0.5, 0.6) is 0 Å². The molecular formula is C11H18N2O. The van der Waals surface area contributed by atoms with Crippen LogP contribution in [0, 0.1) is 5.21 Å². The van der Waals surface area contributed by atoms with Crippen molar-refractivity contribution in [3.63, 3.8) is 0 Å². The largest absolute Gasteiger partial charge is 0.633 e. The molecule has 0 amide bonds. The molecule has 1 aromatic rings. The van der Waals surface area contributed by atoms with Crippen molar-refractivity contribution >= 4 is 0 Å². The molecule has 0 aliphatic rings. The van der Waals surface area contributed by atoms with Crippen LogP contribution in [0.15, 0.2) is 30.2 Å². The minimum atomic E-state index is -4.11. The lowest BCUT2D eigenvalue weighted by Gasteiger charge is -2.39. The minimum Gasteiger partial charge on any atom is -0.633 e. The molecule has 3 heteroatoms. The zero-order valence-electron chi connectivity index (χ0n) is 22.9. The van der Waals surface area contributed by atoms with E-state index in [0.29, 0.717) is 0 Å². The minimum absolute atomic E-state index is 0.575. The molecule has 0 fully saturated rings. The summed E-state index contributed by atoms with van der Waals surface area (Å²) < 4.78 is 122. The van der Waals surface area contributed by atoms with Gasteiger partial charge in [0.1, 0.15) is 2.82 Å². The molecule has 0 spiro atoms. The predicted octanol–water partition coefficient (Wildman–Crippen LogP) is 0.825. The van der Waals surface area contributed by atoms with Crippen molar-refractivity contribution in [3.8, 4) is 0 Å². The lowest BCUT2D eigenvalue weighted by molar-refractivity contribution is -0.929. The molecule has 14 heavy (non-hydrogen) atoms. The standard InChI is InChI=1S/C11H18N2O/c1-11(2,3)13(14)10(12)9-7-5-4-6-8-9/h4-8,10,13H,12H2,1-3H3/i1D3,2D3,3D3,4D,5D,6D,7D,8D/hD2. The van der Waals surface area contributed by atoms with E-state index in [4.69, 9.17) is 22.0 Å². The number of nitrogens with one attached hydrogen (secondary N) is 1. The molecular weight excluding hydrogens is 176 g/mol. The predicted molar refractivity (Wildman–Crippen MR) is 57.5 cm³/mol. The fraction of sp³-hybridized carbons (Fsp3) is 0.455. The van der Waals surface area contributed by atoms with E-state index in [1.807, 2.05) is 0 Å². The van der Waals surface area contributed by atoms with Gasteiger partial charge in [-0.3, -0.25) is 5.72 Å². The van der Waals surface area contributed by atoms with E-state index >= 15 is 0 Å². The highest BCUT2D eigenvalue weighted by atomic mass is 16.5. The Bertz CT molecular complexity index is 731. The van der Waals surface area contributed by atoms with Crippen molar-refractivity contribution in [2.24, 2.45) is 5.72 Å². The number of benzene rings is 1. The van der Waals surface area contributed by atoms with Gasteiger partial charge in [-0.15, -0.1) is 0 Å². The van der Waals surface area contributed by atoms with E-state index in [0.717, 1.165) is 0 Å². The van der Waals surface area contributed by atoms with Gasteiger partial charge in [-0.2, -0.15) is 0 Å². The summed E-state index contributed by atoms with van der Waals surface area (Å²) in [5, 5.41) is 11.1. The fourth-order valence-electron chi connectivity index (χ4n) is 0.733. The van der Waals surface area contributed by atoms with Gasteiger partial charge in [0.05, 0.1) is 12.4 Å². The van der Waals surface area contributed by atoms with Crippen LogP contribution in [0.2, 0.25) is 2.82 Å². The summed E-state index contributed by atoms with van der Waals surface area (Å²) in [6, 6.07) is -5.14. The van der Waals surface area contributed by atoms with E-state index in [2.05, 4.69) is 0 Å². The summed E-state index contributed by atoms with van der Waals surface area (Å²) in [7, 11) is 0. The second kappa shape index (κ2) is 4.09. The van der Waals surface area contributed by atoms with Gasteiger partial charge in [0.15, 0.2) is 6.17 Å². The number of rotatable bonds is 3. The first kappa shape index (κ1) is 2.26. The third-order valence-electron chi connectivity index (χ3n) is 1.41. The second-order valence-corrected chi connectivity index (χ2v) is 2.56. The van der Waals surface area contributed by atoms with Crippen LogP contribution in [0.3, 0.4) is 0 Å². The van der Waals surface area contributed by atoms with E-state index < -0.39 is 78.8 Å². The van der Waals surface area contributed by atoms with Gasteiger partial charge < -0.3 is 10.3 Å². The van der Waals surface area contributed by atoms with Gasteiger partial charge >= 0.3 is 0 Å². The zero-order valence-corrected chi connectivity index (χ0v) is 6.93. The quantitative estimate of drug-likeness (QED) is 0.573. The Morgan fingerprint density at radius 2 is 2.14 bits per heavy atom. The van der Waals surface area contributed by atoms with Crippen LogP contribution in [0.1, 0.15) is 51.5 Å². The smallest absolute Gasteiger partial charge is 0.165 e. The van der Waals surface area contributed by atoms with Gasteiger partial charge in [-0.05, 0) is 20.6 Å². The average Bonchev–Trinajstić information content (AvgIpc) is 2.50. The van der Waals surface area contributed by atoms with Gasteiger partial charge in [-0.1, -0.05) is 30.2 Å². The molecule has 0 heterocycles. The number of nitrogens with two attached hydrogens (primary N) is 1. The molecule has 78 valence electrons. The Balaban J connectivity index is 4.09. The lowest BCUT2D eigenvalue weighted by Crippen LogP contribution is -3.16. The highest BCUT2D eigenvalue weighted by Gasteiger charge is 2.24. The monoisotopic (exact) mass is 210 g/mol. The van der Waals surface area contributed by atoms with Crippen LogP contribution in [0.4, 0.5) is 0 Å². The first-order valence-corrected chi connectivity index (χ1v) is 3.54. The number of hydroxylamine groups is 2. The first-order valence-electron chi connectivity index (χ1n) is 11.4. The molecule has 2 atom stereocenters. The maximum atomic E-state index is 13.3. The van der Waals surface area contributed by atoms with E-state index in [-0.39, 0.29) is 0 Å². The van der Waals surface area contributed by atoms with Crippen LogP contribution < -0.4 is 10.8 Å². The highest BCUT2D eigenvalue weighted by Crippen LogP contribution is 2.06. The summed E-state index contributed by atoms with van der Waals surface area (Å²) in [6.45, 7) is -12.0. The molecule has 1 aromatic carbocycles. The van der Waals surface area contributed by atoms with Crippen molar-refractivity contribution in [1.29, 1.82) is 0 Å². The Morgan fingerprint density at radius 3 is 2.64 bits per heavy atom. The molecule has 0 aliphatic carbocycles. The number of hydrogen-bond donors (Lipinski definition) is 2. The third kappa shape index (κ3) is 2.54. The maximum Gasteiger partial charge on any atom is 0.165 e. The maximum absolute atomic E-state index is 13.3. The van der Waals surface area contributed by atoms with Crippen molar-refractivity contribution in [2.75, 3.05) is 0 Å². The van der Waals surface area contributed by atoms with Crippen molar-refractivity contribution in [1.82, 2.24) is 0 Å². The molecule has 1 rings (SSSR count). The van der Waals surface area contributed by atoms with Crippen LogP contribution in [-0.2, 0) is 0 Å². The van der Waals surface area contributed by atoms with E-state index in [1.54, 1.807) is 0 Å². The van der Waals surface area contributed by atoms with Crippen molar-refractivity contribution in [2.45, 2.75) is 32.3 Å². The fourth-order valence-corrected chi connectivity index (χ4v) is 0.733.